The lowest BCUT2D eigenvalue weighted by Gasteiger charge is -2.31. The van der Waals surface area contributed by atoms with Crippen molar-refractivity contribution in [2.75, 3.05) is 12.3 Å². The number of hydrogen-bond acceptors (Lipinski definition) is 2. The number of carbonyl (C=O) groups is 1. The molecule has 14 heavy (non-hydrogen) atoms. The summed E-state index contributed by atoms with van der Waals surface area (Å²) in [6.45, 7) is 0.965. The molecule has 0 spiro atoms. The van der Waals surface area contributed by atoms with Crippen molar-refractivity contribution in [3.63, 3.8) is 0 Å². The lowest BCUT2D eigenvalue weighted by molar-refractivity contribution is -0.130. The molecule has 1 heterocycles. The van der Waals surface area contributed by atoms with Crippen LogP contribution in [0.2, 0.25) is 0 Å². The van der Waals surface area contributed by atoms with E-state index in [9.17, 15) is 4.79 Å². The molecule has 2 nitrogen and oxygen atoms in total. The standard InChI is InChI=1S/C11H19NOS/c13-11-6-9(8-14)7-12(11)10-4-2-1-3-5-10/h9-10,14H,1-8H2. The first kappa shape index (κ1) is 10.3. The van der Waals surface area contributed by atoms with Crippen LogP contribution in [0.1, 0.15) is 38.5 Å². The minimum Gasteiger partial charge on any atom is -0.339 e. The monoisotopic (exact) mass is 213 g/mol. The van der Waals surface area contributed by atoms with Crippen molar-refractivity contribution >= 4 is 18.5 Å². The number of amides is 1. The van der Waals surface area contributed by atoms with Gasteiger partial charge in [0.25, 0.3) is 0 Å². The number of nitrogens with zero attached hydrogens (tertiary/aromatic N) is 1. The molecule has 1 aliphatic heterocycles. The zero-order valence-corrected chi connectivity index (χ0v) is 9.51. The van der Waals surface area contributed by atoms with E-state index >= 15 is 0 Å². The molecule has 1 saturated heterocycles. The lowest BCUT2D eigenvalue weighted by atomic mass is 9.94. The van der Waals surface area contributed by atoms with Gasteiger partial charge in [-0.3, -0.25) is 4.79 Å². The summed E-state index contributed by atoms with van der Waals surface area (Å²) in [5.74, 6) is 1.73. The SMILES string of the molecule is O=C1CC(CS)CN1C1CCCCC1. The molecule has 1 aliphatic carbocycles. The highest BCUT2D eigenvalue weighted by atomic mass is 32.1. The molecule has 2 rings (SSSR count). The van der Waals surface area contributed by atoms with Crippen LogP contribution < -0.4 is 0 Å². The van der Waals surface area contributed by atoms with Crippen LogP contribution in [-0.2, 0) is 4.79 Å². The van der Waals surface area contributed by atoms with Gasteiger partial charge in [-0.2, -0.15) is 12.6 Å². The van der Waals surface area contributed by atoms with Crippen molar-refractivity contribution in [3.8, 4) is 0 Å². The van der Waals surface area contributed by atoms with E-state index in [0.717, 1.165) is 18.7 Å². The highest BCUT2D eigenvalue weighted by Gasteiger charge is 2.33. The predicted molar refractivity (Wildman–Crippen MR) is 60.5 cm³/mol. The highest BCUT2D eigenvalue weighted by Crippen LogP contribution is 2.28. The minimum absolute atomic E-state index is 0.371. The summed E-state index contributed by atoms with van der Waals surface area (Å²) in [6.07, 6.45) is 7.16. The maximum atomic E-state index is 11.7. The zero-order chi connectivity index (χ0) is 9.97. The molecule has 0 bridgehead atoms. The van der Waals surface area contributed by atoms with Gasteiger partial charge in [0, 0.05) is 19.0 Å². The fraction of sp³-hybridized carbons (Fsp3) is 0.909. The fourth-order valence-corrected chi connectivity index (χ4v) is 2.92. The molecule has 1 amide bonds. The molecular formula is C11H19NOS. The topological polar surface area (TPSA) is 20.3 Å². The number of likely N-dealkylation sites (tertiary alicyclic amines) is 1. The second kappa shape index (κ2) is 4.56. The summed E-state index contributed by atoms with van der Waals surface area (Å²) in [7, 11) is 0. The van der Waals surface area contributed by atoms with E-state index < -0.39 is 0 Å². The van der Waals surface area contributed by atoms with Crippen molar-refractivity contribution in [3.05, 3.63) is 0 Å². The number of rotatable bonds is 2. The van der Waals surface area contributed by atoms with Crippen LogP contribution >= 0.6 is 12.6 Å². The predicted octanol–water partition coefficient (Wildman–Crippen LogP) is 2.10. The molecule has 1 unspecified atom stereocenters. The van der Waals surface area contributed by atoms with Crippen molar-refractivity contribution in [2.24, 2.45) is 5.92 Å². The summed E-state index contributed by atoms with van der Waals surface area (Å²) < 4.78 is 0. The Balaban J connectivity index is 1.93. The molecule has 0 radical (unpaired) electrons. The van der Waals surface area contributed by atoms with Gasteiger partial charge in [0.1, 0.15) is 0 Å². The summed E-state index contributed by atoms with van der Waals surface area (Å²) in [6, 6.07) is 0.557. The number of thiol groups is 1. The number of carbonyl (C=O) groups excluding carboxylic acids is 1. The van der Waals surface area contributed by atoms with Crippen LogP contribution in [0.25, 0.3) is 0 Å². The summed E-state index contributed by atoms with van der Waals surface area (Å²) in [5.41, 5.74) is 0. The van der Waals surface area contributed by atoms with Gasteiger partial charge in [-0.15, -0.1) is 0 Å². The Morgan fingerprint density at radius 2 is 2.00 bits per heavy atom. The van der Waals surface area contributed by atoms with Gasteiger partial charge < -0.3 is 4.90 Å². The van der Waals surface area contributed by atoms with Crippen molar-refractivity contribution in [2.45, 2.75) is 44.6 Å². The maximum absolute atomic E-state index is 11.7. The van der Waals surface area contributed by atoms with Gasteiger partial charge in [-0.25, -0.2) is 0 Å². The van der Waals surface area contributed by atoms with Crippen molar-refractivity contribution < 1.29 is 4.79 Å². The quantitative estimate of drug-likeness (QED) is 0.697. The van der Waals surface area contributed by atoms with Crippen LogP contribution in [0.15, 0.2) is 0 Å². The molecule has 1 atom stereocenters. The average Bonchev–Trinajstić information content (AvgIpc) is 2.61. The first-order chi connectivity index (χ1) is 6.81. The first-order valence-electron chi connectivity index (χ1n) is 5.71. The molecule has 0 aromatic heterocycles. The van der Waals surface area contributed by atoms with E-state index in [4.69, 9.17) is 0 Å². The van der Waals surface area contributed by atoms with Crippen LogP contribution in [0, 0.1) is 5.92 Å². The van der Waals surface area contributed by atoms with E-state index in [1.807, 2.05) is 0 Å². The highest BCUT2D eigenvalue weighted by molar-refractivity contribution is 7.80. The Labute approximate surface area is 91.5 Å². The number of hydrogen-bond donors (Lipinski definition) is 1. The summed E-state index contributed by atoms with van der Waals surface area (Å²) in [5, 5.41) is 0. The van der Waals surface area contributed by atoms with Crippen molar-refractivity contribution in [1.82, 2.24) is 4.90 Å². The van der Waals surface area contributed by atoms with Gasteiger partial charge in [0.2, 0.25) is 5.91 Å². The van der Waals surface area contributed by atoms with E-state index in [0.29, 0.717) is 17.9 Å². The van der Waals surface area contributed by atoms with Gasteiger partial charge >= 0.3 is 0 Å². The van der Waals surface area contributed by atoms with E-state index in [1.54, 1.807) is 0 Å². The van der Waals surface area contributed by atoms with Gasteiger partial charge in [-0.1, -0.05) is 19.3 Å². The molecule has 2 fully saturated rings. The third kappa shape index (κ3) is 2.08. The Kier molecular flexibility index (Phi) is 3.37. The Bertz CT molecular complexity index is 213. The summed E-state index contributed by atoms with van der Waals surface area (Å²) in [4.78, 5) is 13.9. The molecule has 80 valence electrons. The van der Waals surface area contributed by atoms with Crippen LogP contribution in [0.5, 0.6) is 0 Å². The lowest BCUT2D eigenvalue weighted by Crippen LogP contribution is -2.37. The van der Waals surface area contributed by atoms with Gasteiger partial charge in [0.15, 0.2) is 0 Å². The second-order valence-electron chi connectivity index (χ2n) is 4.59. The van der Waals surface area contributed by atoms with E-state index in [2.05, 4.69) is 17.5 Å². The average molecular weight is 213 g/mol. The maximum Gasteiger partial charge on any atom is 0.223 e. The molecule has 0 N–H and O–H groups in total. The fourth-order valence-electron chi connectivity index (χ4n) is 2.68. The third-order valence-electron chi connectivity index (χ3n) is 3.51. The van der Waals surface area contributed by atoms with E-state index in [-0.39, 0.29) is 0 Å². The first-order valence-corrected chi connectivity index (χ1v) is 6.35. The zero-order valence-electron chi connectivity index (χ0n) is 8.61. The molecule has 1 saturated carbocycles. The molecular weight excluding hydrogens is 194 g/mol. The minimum atomic E-state index is 0.371. The Hall–Kier alpha value is -0.180. The molecule has 0 aromatic carbocycles. The van der Waals surface area contributed by atoms with Gasteiger partial charge in [0.05, 0.1) is 0 Å². The summed E-state index contributed by atoms with van der Waals surface area (Å²) >= 11 is 4.28. The second-order valence-corrected chi connectivity index (χ2v) is 4.96. The van der Waals surface area contributed by atoms with Crippen LogP contribution in [0.4, 0.5) is 0 Å². The third-order valence-corrected chi connectivity index (χ3v) is 4.03. The molecule has 2 aliphatic rings. The smallest absolute Gasteiger partial charge is 0.223 e. The van der Waals surface area contributed by atoms with Crippen LogP contribution in [-0.4, -0.2) is 29.1 Å². The Morgan fingerprint density at radius 1 is 1.29 bits per heavy atom. The largest absolute Gasteiger partial charge is 0.339 e. The van der Waals surface area contributed by atoms with Crippen LogP contribution in [0.3, 0.4) is 0 Å². The van der Waals surface area contributed by atoms with Gasteiger partial charge in [-0.05, 0) is 24.5 Å². The van der Waals surface area contributed by atoms with Crippen molar-refractivity contribution in [1.29, 1.82) is 0 Å². The Morgan fingerprint density at radius 3 is 2.57 bits per heavy atom. The molecule has 3 heteroatoms. The molecule has 0 aromatic rings. The van der Waals surface area contributed by atoms with E-state index in [1.165, 1.54) is 32.1 Å². The normalized spacial score (nSPS) is 29.9.